The van der Waals surface area contributed by atoms with Crippen molar-refractivity contribution in [1.82, 2.24) is 4.90 Å². The minimum Gasteiger partial charge on any atom is -0.465 e. The van der Waals surface area contributed by atoms with Crippen molar-refractivity contribution < 1.29 is 9.90 Å². The minimum atomic E-state index is -0.836. The third-order valence-corrected chi connectivity index (χ3v) is 3.29. The van der Waals surface area contributed by atoms with E-state index in [0.717, 1.165) is 12.8 Å². The molecule has 0 spiro atoms. The number of likely N-dealkylation sites (tertiary alicyclic amines) is 1. The summed E-state index contributed by atoms with van der Waals surface area (Å²) in [5.74, 6) is 0. The predicted octanol–water partition coefficient (Wildman–Crippen LogP) is 2.73. The Balaban J connectivity index is 3.10. The summed E-state index contributed by atoms with van der Waals surface area (Å²) in [4.78, 5) is 12.6. The van der Waals surface area contributed by atoms with Crippen LogP contribution >= 0.6 is 0 Å². The lowest BCUT2D eigenvalue weighted by atomic mass is 9.72. The first kappa shape index (κ1) is 11.1. The van der Waals surface area contributed by atoms with Crippen molar-refractivity contribution in [1.29, 1.82) is 0 Å². The first-order chi connectivity index (χ1) is 6.35. The summed E-state index contributed by atoms with van der Waals surface area (Å²) in [5, 5.41) is 9.12. The summed E-state index contributed by atoms with van der Waals surface area (Å²) in [5.41, 5.74) is -0.484. The van der Waals surface area contributed by atoms with Crippen LogP contribution < -0.4 is 0 Å². The van der Waals surface area contributed by atoms with Gasteiger partial charge in [0.25, 0.3) is 0 Å². The molecule has 0 radical (unpaired) electrons. The lowest BCUT2D eigenvalue weighted by Crippen LogP contribution is -2.53. The van der Waals surface area contributed by atoms with Crippen molar-refractivity contribution in [2.45, 2.75) is 39.2 Å². The van der Waals surface area contributed by atoms with E-state index in [1.54, 1.807) is 6.08 Å². The summed E-state index contributed by atoms with van der Waals surface area (Å²) in [6.45, 7) is 10.6. The highest BCUT2D eigenvalue weighted by Crippen LogP contribution is 2.44. The molecule has 1 saturated heterocycles. The van der Waals surface area contributed by atoms with Gasteiger partial charge in [-0.2, -0.15) is 0 Å². The molecule has 1 aliphatic rings. The third kappa shape index (κ3) is 1.41. The maximum atomic E-state index is 11.1. The molecule has 1 atom stereocenters. The quantitative estimate of drug-likeness (QED) is 0.656. The number of carboxylic acid groups (broad SMARTS) is 1. The van der Waals surface area contributed by atoms with Crippen LogP contribution in [0.2, 0.25) is 0 Å². The van der Waals surface area contributed by atoms with Gasteiger partial charge >= 0.3 is 6.09 Å². The van der Waals surface area contributed by atoms with Gasteiger partial charge in [0.2, 0.25) is 0 Å². The molecule has 1 amide bonds. The molecule has 0 aromatic carbocycles. The number of nitrogens with zero attached hydrogens (tertiary/aromatic N) is 1. The van der Waals surface area contributed by atoms with Crippen LogP contribution in [0.3, 0.4) is 0 Å². The molecule has 1 aliphatic heterocycles. The van der Waals surface area contributed by atoms with Gasteiger partial charge in [0.15, 0.2) is 0 Å². The van der Waals surface area contributed by atoms with Crippen LogP contribution in [0.4, 0.5) is 4.79 Å². The van der Waals surface area contributed by atoms with Crippen LogP contribution in [-0.2, 0) is 0 Å². The molecule has 3 nitrogen and oxygen atoms in total. The molecule has 1 fully saturated rings. The molecule has 0 unspecified atom stereocenters. The molecule has 0 aromatic rings. The van der Waals surface area contributed by atoms with Gasteiger partial charge < -0.3 is 5.11 Å². The van der Waals surface area contributed by atoms with Gasteiger partial charge in [-0.1, -0.05) is 26.8 Å². The molecule has 14 heavy (non-hydrogen) atoms. The van der Waals surface area contributed by atoms with Crippen LogP contribution in [0.25, 0.3) is 0 Å². The monoisotopic (exact) mass is 197 g/mol. The average molecular weight is 197 g/mol. The summed E-state index contributed by atoms with van der Waals surface area (Å²) in [7, 11) is 0. The highest BCUT2D eigenvalue weighted by molar-refractivity contribution is 5.67. The summed E-state index contributed by atoms with van der Waals surface area (Å²) >= 11 is 0. The number of rotatable bonds is 1. The average Bonchev–Trinajstić information content (AvgIpc) is 2.46. The normalized spacial score (nSPS) is 27.8. The standard InChI is InChI=1S/C11H19NO2/c1-5-11(10(2,3)4)7-6-8-12(11)9(13)14/h5H,1,6-8H2,2-4H3,(H,13,14)/t11-/m0/s1. The molecule has 3 heteroatoms. The smallest absolute Gasteiger partial charge is 0.408 e. The molecule has 1 heterocycles. The lowest BCUT2D eigenvalue weighted by Gasteiger charge is -2.44. The topological polar surface area (TPSA) is 40.5 Å². The van der Waals surface area contributed by atoms with Crippen molar-refractivity contribution >= 4 is 6.09 Å². The Bertz CT molecular complexity index is 255. The number of amides is 1. The molecule has 1 rings (SSSR count). The molecule has 0 aromatic heterocycles. The van der Waals surface area contributed by atoms with Crippen LogP contribution in [0.15, 0.2) is 12.7 Å². The van der Waals surface area contributed by atoms with Gasteiger partial charge in [-0.3, -0.25) is 4.90 Å². The summed E-state index contributed by atoms with van der Waals surface area (Å²) < 4.78 is 0. The number of carbonyl (C=O) groups is 1. The van der Waals surface area contributed by atoms with E-state index in [0.29, 0.717) is 6.54 Å². The molecule has 0 bridgehead atoms. The Kier molecular flexibility index (Phi) is 2.61. The van der Waals surface area contributed by atoms with Crippen LogP contribution in [0.5, 0.6) is 0 Å². The minimum absolute atomic E-state index is 0.0936. The van der Waals surface area contributed by atoms with Gasteiger partial charge in [-0.05, 0) is 18.3 Å². The summed E-state index contributed by atoms with van der Waals surface area (Å²) in [6.07, 6.45) is 2.77. The second kappa shape index (κ2) is 3.30. The van der Waals surface area contributed by atoms with Crippen LogP contribution in [0, 0.1) is 5.41 Å². The van der Waals surface area contributed by atoms with E-state index in [-0.39, 0.29) is 5.41 Å². The van der Waals surface area contributed by atoms with Gasteiger partial charge in [0, 0.05) is 6.54 Å². The molecule has 0 saturated carbocycles. The Morgan fingerprint density at radius 2 is 2.14 bits per heavy atom. The third-order valence-electron chi connectivity index (χ3n) is 3.29. The fourth-order valence-corrected chi connectivity index (χ4v) is 2.41. The zero-order valence-electron chi connectivity index (χ0n) is 9.21. The fraction of sp³-hybridized carbons (Fsp3) is 0.727. The van der Waals surface area contributed by atoms with Crippen molar-refractivity contribution in [3.8, 4) is 0 Å². The SMILES string of the molecule is C=C[C@@]1(C(C)(C)C)CCCN1C(=O)O. The lowest BCUT2D eigenvalue weighted by molar-refractivity contribution is 0.0643. The molecular formula is C11H19NO2. The van der Waals surface area contributed by atoms with E-state index in [4.69, 9.17) is 5.11 Å². The fourth-order valence-electron chi connectivity index (χ4n) is 2.41. The van der Waals surface area contributed by atoms with E-state index in [1.165, 1.54) is 4.90 Å². The maximum absolute atomic E-state index is 11.1. The highest BCUT2D eigenvalue weighted by atomic mass is 16.4. The van der Waals surface area contributed by atoms with Gasteiger partial charge in [0.05, 0.1) is 5.54 Å². The predicted molar refractivity (Wildman–Crippen MR) is 56.3 cm³/mol. The van der Waals surface area contributed by atoms with Crippen LogP contribution in [-0.4, -0.2) is 28.2 Å². The second-order valence-corrected chi connectivity index (χ2v) is 4.92. The molecular weight excluding hydrogens is 178 g/mol. The Labute approximate surface area is 85.4 Å². The zero-order chi connectivity index (χ0) is 11.0. The van der Waals surface area contributed by atoms with Crippen LogP contribution in [0.1, 0.15) is 33.6 Å². The largest absolute Gasteiger partial charge is 0.465 e. The van der Waals surface area contributed by atoms with E-state index >= 15 is 0 Å². The highest BCUT2D eigenvalue weighted by Gasteiger charge is 2.49. The van der Waals surface area contributed by atoms with E-state index < -0.39 is 11.6 Å². The van der Waals surface area contributed by atoms with Gasteiger partial charge in [-0.15, -0.1) is 6.58 Å². The van der Waals surface area contributed by atoms with Crippen molar-refractivity contribution in [2.75, 3.05) is 6.54 Å². The van der Waals surface area contributed by atoms with E-state index in [9.17, 15) is 4.79 Å². The van der Waals surface area contributed by atoms with Crippen molar-refractivity contribution in [3.05, 3.63) is 12.7 Å². The van der Waals surface area contributed by atoms with Gasteiger partial charge in [-0.25, -0.2) is 4.79 Å². The molecule has 1 N–H and O–H groups in total. The molecule has 0 aliphatic carbocycles. The van der Waals surface area contributed by atoms with E-state index in [2.05, 4.69) is 27.4 Å². The van der Waals surface area contributed by atoms with Crippen molar-refractivity contribution in [2.24, 2.45) is 5.41 Å². The summed E-state index contributed by atoms with van der Waals surface area (Å²) in [6, 6.07) is 0. The van der Waals surface area contributed by atoms with Crippen molar-refractivity contribution in [3.63, 3.8) is 0 Å². The second-order valence-electron chi connectivity index (χ2n) is 4.92. The number of hydrogen-bond acceptors (Lipinski definition) is 1. The Morgan fingerprint density at radius 1 is 1.57 bits per heavy atom. The molecule has 80 valence electrons. The first-order valence-corrected chi connectivity index (χ1v) is 4.99. The zero-order valence-corrected chi connectivity index (χ0v) is 9.21. The van der Waals surface area contributed by atoms with Gasteiger partial charge in [0.1, 0.15) is 0 Å². The Hall–Kier alpha value is -0.990. The number of hydrogen-bond donors (Lipinski definition) is 1. The Morgan fingerprint density at radius 3 is 2.43 bits per heavy atom. The van der Waals surface area contributed by atoms with E-state index in [1.807, 2.05) is 0 Å². The maximum Gasteiger partial charge on any atom is 0.408 e. The first-order valence-electron chi connectivity index (χ1n) is 4.99.